The Morgan fingerprint density at radius 1 is 1.45 bits per heavy atom. The Bertz CT molecular complexity index is 756. The van der Waals surface area contributed by atoms with Crippen LogP contribution in [0, 0.1) is 0 Å². The van der Waals surface area contributed by atoms with E-state index in [1.54, 1.807) is 18.2 Å². The number of furan rings is 1. The van der Waals surface area contributed by atoms with E-state index in [0.29, 0.717) is 16.0 Å². The number of rotatable bonds is 3. The molecule has 6 nitrogen and oxygen atoms in total. The molecule has 3 heterocycles. The van der Waals surface area contributed by atoms with Gasteiger partial charge in [-0.3, -0.25) is 4.90 Å². The Morgan fingerprint density at radius 3 is 3.00 bits per heavy atom. The van der Waals surface area contributed by atoms with Crippen molar-refractivity contribution in [3.05, 3.63) is 40.9 Å². The number of thiophene rings is 1. The standard InChI is InChI=1S/C12H8ClN3O3S/c13-11-14-8-3-5-20-9(8)10(15-11)16(12(17)18)6-7-2-1-4-19-7/h1-5H,6H2,(H,17,18). The third-order valence-electron chi connectivity index (χ3n) is 2.64. The van der Waals surface area contributed by atoms with Crippen molar-refractivity contribution in [1.82, 2.24) is 9.97 Å². The molecule has 0 unspecified atom stereocenters. The van der Waals surface area contributed by atoms with Crippen LogP contribution in [0.1, 0.15) is 5.76 Å². The molecule has 0 atom stereocenters. The van der Waals surface area contributed by atoms with Crippen LogP contribution >= 0.6 is 22.9 Å². The summed E-state index contributed by atoms with van der Waals surface area (Å²) in [5, 5.41) is 11.2. The van der Waals surface area contributed by atoms with Gasteiger partial charge in [0.1, 0.15) is 5.76 Å². The van der Waals surface area contributed by atoms with E-state index >= 15 is 0 Å². The summed E-state index contributed by atoms with van der Waals surface area (Å²) in [6.07, 6.45) is 0.356. The molecule has 3 aromatic rings. The van der Waals surface area contributed by atoms with Gasteiger partial charge in [-0.1, -0.05) is 0 Å². The lowest BCUT2D eigenvalue weighted by molar-refractivity contribution is 0.200. The van der Waals surface area contributed by atoms with Crippen molar-refractivity contribution < 1.29 is 14.3 Å². The number of anilines is 1. The second kappa shape index (κ2) is 5.10. The monoisotopic (exact) mass is 309 g/mol. The minimum Gasteiger partial charge on any atom is -0.467 e. The Balaban J connectivity index is 2.09. The van der Waals surface area contributed by atoms with Gasteiger partial charge in [-0.05, 0) is 35.2 Å². The molecule has 0 bridgehead atoms. The van der Waals surface area contributed by atoms with E-state index < -0.39 is 6.09 Å². The van der Waals surface area contributed by atoms with Crippen molar-refractivity contribution >= 4 is 45.1 Å². The van der Waals surface area contributed by atoms with Gasteiger partial charge >= 0.3 is 6.09 Å². The zero-order chi connectivity index (χ0) is 14.1. The maximum Gasteiger partial charge on any atom is 0.413 e. The summed E-state index contributed by atoms with van der Waals surface area (Å²) in [5.41, 5.74) is 0.621. The number of aromatic nitrogens is 2. The highest BCUT2D eigenvalue weighted by atomic mass is 35.5. The lowest BCUT2D eigenvalue weighted by Crippen LogP contribution is -2.29. The van der Waals surface area contributed by atoms with Crippen LogP contribution in [0.5, 0.6) is 0 Å². The normalized spacial score (nSPS) is 10.8. The lowest BCUT2D eigenvalue weighted by atomic mass is 10.3. The fourth-order valence-corrected chi connectivity index (χ4v) is 2.79. The van der Waals surface area contributed by atoms with Crippen LogP contribution < -0.4 is 4.90 Å². The molecular weight excluding hydrogens is 302 g/mol. The molecule has 0 aliphatic rings. The van der Waals surface area contributed by atoms with E-state index in [2.05, 4.69) is 9.97 Å². The fourth-order valence-electron chi connectivity index (χ4n) is 1.79. The predicted octanol–water partition coefficient (Wildman–Crippen LogP) is 3.62. The van der Waals surface area contributed by atoms with Gasteiger partial charge in [0, 0.05) is 0 Å². The van der Waals surface area contributed by atoms with Crippen molar-refractivity contribution in [3.63, 3.8) is 0 Å². The third kappa shape index (κ3) is 2.33. The number of nitrogens with zero attached hydrogens (tertiary/aromatic N) is 3. The van der Waals surface area contributed by atoms with E-state index in [1.165, 1.54) is 17.6 Å². The molecule has 102 valence electrons. The lowest BCUT2D eigenvalue weighted by Gasteiger charge is -2.17. The molecule has 3 aromatic heterocycles. The van der Waals surface area contributed by atoms with E-state index in [9.17, 15) is 9.90 Å². The summed E-state index contributed by atoms with van der Waals surface area (Å²) >= 11 is 7.21. The first-order chi connectivity index (χ1) is 9.65. The molecule has 0 saturated carbocycles. The first-order valence-corrected chi connectivity index (χ1v) is 6.84. The van der Waals surface area contributed by atoms with Gasteiger partial charge < -0.3 is 9.52 Å². The van der Waals surface area contributed by atoms with Crippen molar-refractivity contribution in [2.24, 2.45) is 0 Å². The largest absolute Gasteiger partial charge is 0.467 e. The Kier molecular flexibility index (Phi) is 3.29. The molecule has 0 spiro atoms. The second-order valence-electron chi connectivity index (χ2n) is 3.90. The fraction of sp³-hybridized carbons (Fsp3) is 0.0833. The van der Waals surface area contributed by atoms with Gasteiger partial charge in [-0.25, -0.2) is 9.78 Å². The minimum absolute atomic E-state index is 0.0107. The highest BCUT2D eigenvalue weighted by Crippen LogP contribution is 2.31. The zero-order valence-electron chi connectivity index (χ0n) is 9.99. The van der Waals surface area contributed by atoms with Crippen LogP contribution in [0.25, 0.3) is 10.2 Å². The number of carbonyl (C=O) groups is 1. The second-order valence-corrected chi connectivity index (χ2v) is 5.15. The summed E-state index contributed by atoms with van der Waals surface area (Å²) in [7, 11) is 0. The quantitative estimate of drug-likeness (QED) is 0.747. The summed E-state index contributed by atoms with van der Waals surface area (Å²) in [6, 6.07) is 5.16. The van der Waals surface area contributed by atoms with Crippen LogP contribution in [0.2, 0.25) is 5.28 Å². The molecule has 20 heavy (non-hydrogen) atoms. The van der Waals surface area contributed by atoms with Gasteiger partial charge in [-0.15, -0.1) is 11.3 Å². The van der Waals surface area contributed by atoms with Crippen LogP contribution in [0.3, 0.4) is 0 Å². The topological polar surface area (TPSA) is 79.5 Å². The molecule has 1 amide bonds. The van der Waals surface area contributed by atoms with Crippen molar-refractivity contribution in [3.8, 4) is 0 Å². The number of halogens is 1. The van der Waals surface area contributed by atoms with Gasteiger partial charge in [0.25, 0.3) is 0 Å². The van der Waals surface area contributed by atoms with Crippen LogP contribution in [-0.2, 0) is 6.54 Å². The van der Waals surface area contributed by atoms with Gasteiger partial charge in [0.05, 0.1) is 23.0 Å². The van der Waals surface area contributed by atoms with Crippen molar-refractivity contribution in [1.29, 1.82) is 0 Å². The molecule has 8 heteroatoms. The molecule has 1 N–H and O–H groups in total. The molecule has 0 fully saturated rings. The number of fused-ring (bicyclic) bond motifs is 1. The SMILES string of the molecule is O=C(O)N(Cc1ccco1)c1nc(Cl)nc2ccsc12. The molecule has 0 radical (unpaired) electrons. The smallest absolute Gasteiger partial charge is 0.413 e. The number of carboxylic acid groups (broad SMARTS) is 1. The average molecular weight is 310 g/mol. The summed E-state index contributed by atoms with van der Waals surface area (Å²) in [4.78, 5) is 20.7. The van der Waals surface area contributed by atoms with Crippen LogP contribution in [0.4, 0.5) is 10.6 Å². The minimum atomic E-state index is -1.13. The molecular formula is C12H8ClN3O3S. The average Bonchev–Trinajstić information content (AvgIpc) is 3.05. The number of amides is 1. The van der Waals surface area contributed by atoms with Crippen LogP contribution in [-0.4, -0.2) is 21.2 Å². The van der Waals surface area contributed by atoms with Crippen molar-refractivity contribution in [2.75, 3.05) is 4.90 Å². The number of hydrogen-bond acceptors (Lipinski definition) is 5. The highest BCUT2D eigenvalue weighted by Gasteiger charge is 2.22. The van der Waals surface area contributed by atoms with Crippen LogP contribution in [0.15, 0.2) is 34.3 Å². The molecule has 0 aliphatic carbocycles. The van der Waals surface area contributed by atoms with Gasteiger partial charge in [0.15, 0.2) is 5.82 Å². The van der Waals surface area contributed by atoms with Crippen molar-refractivity contribution in [2.45, 2.75) is 6.54 Å². The van der Waals surface area contributed by atoms with E-state index in [4.69, 9.17) is 16.0 Å². The first kappa shape index (κ1) is 12.9. The zero-order valence-corrected chi connectivity index (χ0v) is 11.6. The molecule has 0 saturated heterocycles. The third-order valence-corrected chi connectivity index (χ3v) is 3.71. The summed E-state index contributed by atoms with van der Waals surface area (Å²) < 4.78 is 5.85. The molecule has 3 rings (SSSR count). The Labute approximate surface area is 122 Å². The Morgan fingerprint density at radius 2 is 2.30 bits per heavy atom. The molecule has 0 aliphatic heterocycles. The van der Waals surface area contributed by atoms with Gasteiger partial charge in [0.2, 0.25) is 5.28 Å². The summed E-state index contributed by atoms with van der Waals surface area (Å²) in [6.45, 7) is 0.0582. The van der Waals surface area contributed by atoms with E-state index in [0.717, 1.165) is 4.90 Å². The maximum absolute atomic E-state index is 11.5. The number of hydrogen-bond donors (Lipinski definition) is 1. The van der Waals surface area contributed by atoms with E-state index in [-0.39, 0.29) is 17.6 Å². The predicted molar refractivity (Wildman–Crippen MR) is 75.3 cm³/mol. The maximum atomic E-state index is 11.5. The summed E-state index contributed by atoms with van der Waals surface area (Å²) in [5.74, 6) is 0.783. The first-order valence-electron chi connectivity index (χ1n) is 5.59. The molecule has 0 aromatic carbocycles. The highest BCUT2D eigenvalue weighted by molar-refractivity contribution is 7.17. The van der Waals surface area contributed by atoms with Gasteiger partial charge in [-0.2, -0.15) is 4.98 Å². The van der Waals surface area contributed by atoms with E-state index in [1.807, 2.05) is 5.38 Å². The Hall–Kier alpha value is -2.12.